The molecule has 0 radical (unpaired) electrons. The van der Waals surface area contributed by atoms with E-state index in [1.807, 2.05) is 36.2 Å². The zero-order valence-electron chi connectivity index (χ0n) is 16.2. The van der Waals surface area contributed by atoms with E-state index in [4.69, 9.17) is 4.74 Å². The topological polar surface area (TPSA) is 46.1 Å². The Kier molecular flexibility index (Phi) is 10.6. The van der Waals surface area contributed by atoms with Gasteiger partial charge in [-0.15, -0.1) is 24.0 Å². The van der Waals surface area contributed by atoms with Crippen LogP contribution in [0.1, 0.15) is 11.1 Å². The van der Waals surface area contributed by atoms with Gasteiger partial charge in [0, 0.05) is 27.2 Å². The average molecular weight is 505 g/mol. The van der Waals surface area contributed by atoms with Crippen molar-refractivity contribution in [2.75, 3.05) is 27.7 Å². The van der Waals surface area contributed by atoms with Crippen molar-refractivity contribution in [1.82, 2.24) is 10.2 Å². The minimum absolute atomic E-state index is 0. The summed E-state index contributed by atoms with van der Waals surface area (Å²) in [5.41, 5.74) is 2.05. The standard InChI is InChI=1S/C20H25F2N3O2.HI/c1-23-20(25(2)14-16-7-5-4-6-8-16)24-12-11-15-9-10-17(26-3)18(13-15)27-19(21)22;/h4-10,13,19H,11-12,14H2,1-3H3,(H,23,24);1H. The summed E-state index contributed by atoms with van der Waals surface area (Å²) >= 11 is 0. The molecule has 154 valence electrons. The zero-order valence-corrected chi connectivity index (χ0v) is 18.5. The number of aliphatic imine (C=N–C) groups is 1. The molecule has 0 amide bonds. The predicted molar refractivity (Wildman–Crippen MR) is 118 cm³/mol. The fraction of sp³-hybridized carbons (Fsp3) is 0.350. The van der Waals surface area contributed by atoms with Crippen LogP contribution < -0.4 is 14.8 Å². The van der Waals surface area contributed by atoms with E-state index in [-0.39, 0.29) is 35.5 Å². The third-order valence-electron chi connectivity index (χ3n) is 3.98. The third-order valence-corrected chi connectivity index (χ3v) is 3.98. The molecule has 0 aliphatic heterocycles. The lowest BCUT2D eigenvalue weighted by atomic mass is 10.1. The summed E-state index contributed by atoms with van der Waals surface area (Å²) in [5.74, 6) is 1.08. The number of hydrogen-bond acceptors (Lipinski definition) is 3. The van der Waals surface area contributed by atoms with Crippen LogP contribution in [0.3, 0.4) is 0 Å². The van der Waals surface area contributed by atoms with Crippen molar-refractivity contribution < 1.29 is 18.3 Å². The molecule has 28 heavy (non-hydrogen) atoms. The third kappa shape index (κ3) is 7.49. The summed E-state index contributed by atoms with van der Waals surface area (Å²) in [5, 5.41) is 3.28. The SMILES string of the molecule is CN=C(NCCc1ccc(OC)c(OC(F)F)c1)N(C)Cc1ccccc1.I. The van der Waals surface area contributed by atoms with Gasteiger partial charge in [-0.05, 0) is 29.7 Å². The van der Waals surface area contributed by atoms with Crippen LogP contribution >= 0.6 is 24.0 Å². The number of alkyl halides is 2. The van der Waals surface area contributed by atoms with Gasteiger partial charge in [-0.2, -0.15) is 8.78 Å². The molecule has 0 aliphatic rings. The molecule has 5 nitrogen and oxygen atoms in total. The van der Waals surface area contributed by atoms with Gasteiger partial charge in [0.1, 0.15) is 0 Å². The van der Waals surface area contributed by atoms with Gasteiger partial charge < -0.3 is 19.7 Å². The number of methoxy groups -OCH3 is 1. The summed E-state index contributed by atoms with van der Waals surface area (Å²) < 4.78 is 34.6. The molecule has 0 bridgehead atoms. The molecule has 0 aliphatic carbocycles. The number of guanidine groups is 1. The highest BCUT2D eigenvalue weighted by atomic mass is 127. The number of nitrogens with zero attached hydrogens (tertiary/aromatic N) is 2. The van der Waals surface area contributed by atoms with Crippen LogP contribution in [0.25, 0.3) is 0 Å². The Hall–Kier alpha value is -2.10. The van der Waals surface area contributed by atoms with Gasteiger partial charge in [-0.1, -0.05) is 36.4 Å². The summed E-state index contributed by atoms with van der Waals surface area (Å²) in [6, 6.07) is 15.1. The first-order valence-corrected chi connectivity index (χ1v) is 8.61. The molecule has 0 heterocycles. The monoisotopic (exact) mass is 505 g/mol. The molecule has 0 spiro atoms. The van der Waals surface area contributed by atoms with Gasteiger partial charge in [0.15, 0.2) is 17.5 Å². The molecule has 0 atom stereocenters. The summed E-state index contributed by atoms with van der Waals surface area (Å²) in [7, 11) is 5.11. The van der Waals surface area contributed by atoms with Crippen LogP contribution in [-0.4, -0.2) is 45.2 Å². The normalized spacial score (nSPS) is 11.0. The smallest absolute Gasteiger partial charge is 0.387 e. The Balaban J connectivity index is 0.00000392. The molecule has 2 rings (SSSR count). The lowest BCUT2D eigenvalue weighted by molar-refractivity contribution is -0.0512. The fourth-order valence-corrected chi connectivity index (χ4v) is 2.70. The van der Waals surface area contributed by atoms with E-state index >= 15 is 0 Å². The predicted octanol–water partition coefficient (Wildman–Crippen LogP) is 4.16. The van der Waals surface area contributed by atoms with Gasteiger partial charge in [-0.25, -0.2) is 0 Å². The van der Waals surface area contributed by atoms with Crippen molar-refractivity contribution in [3.63, 3.8) is 0 Å². The number of ether oxygens (including phenoxy) is 2. The average Bonchev–Trinajstić information content (AvgIpc) is 2.65. The Labute approximate surface area is 181 Å². The lowest BCUT2D eigenvalue weighted by Crippen LogP contribution is -2.39. The molecule has 2 aromatic carbocycles. The highest BCUT2D eigenvalue weighted by Crippen LogP contribution is 2.29. The Morgan fingerprint density at radius 3 is 2.43 bits per heavy atom. The van der Waals surface area contributed by atoms with Gasteiger partial charge in [0.05, 0.1) is 7.11 Å². The molecular formula is C20H26F2IN3O2. The van der Waals surface area contributed by atoms with Crippen molar-refractivity contribution in [3.8, 4) is 11.5 Å². The van der Waals surface area contributed by atoms with Crippen molar-refractivity contribution in [1.29, 1.82) is 0 Å². The second-order valence-electron chi connectivity index (χ2n) is 5.93. The number of nitrogens with one attached hydrogen (secondary N) is 1. The first kappa shape index (κ1) is 23.9. The van der Waals surface area contributed by atoms with Crippen LogP contribution in [0, 0.1) is 0 Å². The molecule has 0 unspecified atom stereocenters. The number of benzene rings is 2. The number of rotatable bonds is 8. The maximum atomic E-state index is 12.5. The van der Waals surface area contributed by atoms with Crippen LogP contribution in [-0.2, 0) is 13.0 Å². The molecule has 0 saturated heterocycles. The summed E-state index contributed by atoms with van der Waals surface area (Å²) in [6.45, 7) is -1.56. The van der Waals surface area contributed by atoms with E-state index in [9.17, 15) is 8.78 Å². The second-order valence-corrected chi connectivity index (χ2v) is 5.93. The molecule has 8 heteroatoms. The minimum atomic E-state index is -2.89. The zero-order chi connectivity index (χ0) is 19.6. The van der Waals surface area contributed by atoms with E-state index in [2.05, 4.69) is 27.2 Å². The van der Waals surface area contributed by atoms with Crippen molar-refractivity contribution in [3.05, 3.63) is 59.7 Å². The molecule has 0 aromatic heterocycles. The first-order chi connectivity index (χ1) is 13.0. The van der Waals surface area contributed by atoms with Crippen molar-refractivity contribution in [2.45, 2.75) is 19.6 Å². The number of hydrogen-bond donors (Lipinski definition) is 1. The van der Waals surface area contributed by atoms with Crippen molar-refractivity contribution in [2.24, 2.45) is 4.99 Å². The molecule has 1 N–H and O–H groups in total. The van der Waals surface area contributed by atoms with E-state index in [1.165, 1.54) is 12.7 Å². The molecular weight excluding hydrogens is 479 g/mol. The summed E-state index contributed by atoms with van der Waals surface area (Å²) in [4.78, 5) is 6.31. The largest absolute Gasteiger partial charge is 0.493 e. The van der Waals surface area contributed by atoms with E-state index in [0.29, 0.717) is 13.0 Å². The van der Waals surface area contributed by atoms with Gasteiger partial charge in [0.2, 0.25) is 0 Å². The van der Waals surface area contributed by atoms with Crippen LogP contribution in [0.2, 0.25) is 0 Å². The fourth-order valence-electron chi connectivity index (χ4n) is 2.70. The van der Waals surface area contributed by atoms with Crippen LogP contribution in [0.4, 0.5) is 8.78 Å². The second kappa shape index (κ2) is 12.4. The van der Waals surface area contributed by atoms with Crippen LogP contribution in [0.15, 0.2) is 53.5 Å². The van der Waals surface area contributed by atoms with Crippen molar-refractivity contribution >= 4 is 29.9 Å². The Morgan fingerprint density at radius 2 is 1.82 bits per heavy atom. The molecule has 0 saturated carbocycles. The Bertz CT molecular complexity index is 745. The maximum Gasteiger partial charge on any atom is 0.387 e. The number of halogens is 3. The highest BCUT2D eigenvalue weighted by Gasteiger charge is 2.12. The van der Waals surface area contributed by atoms with Gasteiger partial charge in [-0.3, -0.25) is 4.99 Å². The van der Waals surface area contributed by atoms with E-state index < -0.39 is 6.61 Å². The van der Waals surface area contributed by atoms with Gasteiger partial charge in [0.25, 0.3) is 0 Å². The van der Waals surface area contributed by atoms with E-state index in [0.717, 1.165) is 18.1 Å². The lowest BCUT2D eigenvalue weighted by Gasteiger charge is -2.22. The highest BCUT2D eigenvalue weighted by molar-refractivity contribution is 14.0. The maximum absolute atomic E-state index is 12.5. The molecule has 0 fully saturated rings. The van der Waals surface area contributed by atoms with E-state index in [1.54, 1.807) is 19.2 Å². The van der Waals surface area contributed by atoms with Gasteiger partial charge >= 0.3 is 6.61 Å². The summed E-state index contributed by atoms with van der Waals surface area (Å²) in [6.07, 6.45) is 0.627. The van der Waals surface area contributed by atoms with Crippen LogP contribution in [0.5, 0.6) is 11.5 Å². The minimum Gasteiger partial charge on any atom is -0.493 e. The molecule has 2 aromatic rings. The first-order valence-electron chi connectivity index (χ1n) is 8.61. The Morgan fingerprint density at radius 1 is 1.11 bits per heavy atom. The quantitative estimate of drug-likeness (QED) is 0.333.